The van der Waals surface area contributed by atoms with Crippen LogP contribution in [0.15, 0.2) is 6.33 Å². The zero-order valence-corrected chi connectivity index (χ0v) is 10.3. The predicted molar refractivity (Wildman–Crippen MR) is 63.1 cm³/mol. The summed E-state index contributed by atoms with van der Waals surface area (Å²) in [6.07, 6.45) is 1.65. The lowest BCUT2D eigenvalue weighted by Gasteiger charge is -2.31. The van der Waals surface area contributed by atoms with Crippen molar-refractivity contribution in [3.05, 3.63) is 12.2 Å². The van der Waals surface area contributed by atoms with E-state index in [9.17, 15) is 0 Å². The zero-order valence-electron chi connectivity index (χ0n) is 10.3. The van der Waals surface area contributed by atoms with Gasteiger partial charge in [-0.05, 0) is 20.8 Å². The summed E-state index contributed by atoms with van der Waals surface area (Å²) in [4.78, 5) is 6.78. The summed E-state index contributed by atoms with van der Waals surface area (Å²) in [5.74, 6) is 1.07. The van der Waals surface area contributed by atoms with Crippen molar-refractivity contribution >= 4 is 0 Å². The van der Waals surface area contributed by atoms with Gasteiger partial charge in [0.15, 0.2) is 0 Å². The molecule has 0 aliphatic carbocycles. The number of hydrogen-bond acceptors (Lipinski definition) is 4. The van der Waals surface area contributed by atoms with Crippen molar-refractivity contribution in [3.63, 3.8) is 0 Å². The Labute approximate surface area is 96.8 Å². The van der Waals surface area contributed by atoms with Crippen molar-refractivity contribution in [3.8, 4) is 0 Å². The lowest BCUT2D eigenvalue weighted by Crippen LogP contribution is -2.48. The molecule has 5 heteroatoms. The van der Waals surface area contributed by atoms with Crippen molar-refractivity contribution < 1.29 is 0 Å². The fourth-order valence-corrected chi connectivity index (χ4v) is 2.17. The van der Waals surface area contributed by atoms with Gasteiger partial charge in [0, 0.05) is 31.7 Å². The predicted octanol–water partition coefficient (Wildman–Crippen LogP) is 0.653. The van der Waals surface area contributed by atoms with Crippen LogP contribution in [0.3, 0.4) is 0 Å². The van der Waals surface area contributed by atoms with Gasteiger partial charge >= 0.3 is 0 Å². The largest absolute Gasteiger partial charge is 0.312 e. The van der Waals surface area contributed by atoms with E-state index in [1.807, 2.05) is 4.68 Å². The maximum Gasteiger partial charge on any atom is 0.141 e. The van der Waals surface area contributed by atoms with Crippen molar-refractivity contribution in [2.45, 2.75) is 39.4 Å². The van der Waals surface area contributed by atoms with E-state index in [1.165, 1.54) is 0 Å². The Bertz CT molecular complexity index is 333. The molecule has 1 aromatic heterocycles. The fraction of sp³-hybridized carbons (Fsp3) is 0.818. The molecule has 1 aromatic rings. The molecule has 1 N–H and O–H groups in total. The molecule has 2 rings (SSSR count). The van der Waals surface area contributed by atoms with Crippen molar-refractivity contribution in [2.24, 2.45) is 0 Å². The van der Waals surface area contributed by atoms with Gasteiger partial charge in [-0.3, -0.25) is 4.90 Å². The minimum atomic E-state index is 0.387. The standard InChI is InChI=1S/C11H21N5/c1-9(2)16-11(13-8-14-16)7-15-5-4-12-10(3)6-15/h8-10,12H,4-7H2,1-3H3/t10-/m1/s1. The Morgan fingerprint density at radius 3 is 3.06 bits per heavy atom. The van der Waals surface area contributed by atoms with Gasteiger partial charge in [-0.25, -0.2) is 9.67 Å². The van der Waals surface area contributed by atoms with Gasteiger partial charge in [0.25, 0.3) is 0 Å². The van der Waals surface area contributed by atoms with Crippen LogP contribution in [0.1, 0.15) is 32.6 Å². The highest BCUT2D eigenvalue weighted by atomic mass is 15.4. The molecule has 90 valence electrons. The lowest BCUT2D eigenvalue weighted by molar-refractivity contribution is 0.191. The molecule has 0 bridgehead atoms. The topological polar surface area (TPSA) is 46.0 Å². The molecule has 1 fully saturated rings. The molecular formula is C11H21N5. The molecule has 0 amide bonds. The Balaban J connectivity index is 2.00. The summed E-state index contributed by atoms with van der Waals surface area (Å²) in [6, 6.07) is 0.960. The lowest BCUT2D eigenvalue weighted by atomic mass is 10.2. The van der Waals surface area contributed by atoms with Crippen LogP contribution < -0.4 is 5.32 Å². The number of nitrogens with one attached hydrogen (secondary N) is 1. The molecule has 1 saturated heterocycles. The number of aromatic nitrogens is 3. The molecule has 0 spiro atoms. The average Bonchev–Trinajstić information content (AvgIpc) is 2.66. The number of piperazine rings is 1. The Morgan fingerprint density at radius 1 is 1.56 bits per heavy atom. The van der Waals surface area contributed by atoms with E-state index >= 15 is 0 Å². The minimum absolute atomic E-state index is 0.387. The third kappa shape index (κ3) is 2.59. The third-order valence-electron chi connectivity index (χ3n) is 2.95. The Hall–Kier alpha value is -0.940. The van der Waals surface area contributed by atoms with Crippen LogP contribution in [-0.2, 0) is 6.54 Å². The second-order valence-electron chi connectivity index (χ2n) is 4.80. The minimum Gasteiger partial charge on any atom is -0.312 e. The molecule has 2 heterocycles. The van der Waals surface area contributed by atoms with E-state index in [-0.39, 0.29) is 0 Å². The highest BCUT2D eigenvalue weighted by Gasteiger charge is 2.18. The zero-order chi connectivity index (χ0) is 11.5. The highest BCUT2D eigenvalue weighted by molar-refractivity contribution is 4.88. The maximum absolute atomic E-state index is 4.35. The van der Waals surface area contributed by atoms with E-state index in [2.05, 4.69) is 41.1 Å². The normalized spacial score (nSPS) is 22.9. The van der Waals surface area contributed by atoms with Crippen LogP contribution >= 0.6 is 0 Å². The maximum atomic E-state index is 4.35. The number of hydrogen-bond donors (Lipinski definition) is 1. The molecule has 0 unspecified atom stereocenters. The number of rotatable bonds is 3. The van der Waals surface area contributed by atoms with Gasteiger partial charge in [-0.1, -0.05) is 0 Å². The van der Waals surface area contributed by atoms with Crippen LogP contribution in [0.2, 0.25) is 0 Å². The van der Waals surface area contributed by atoms with E-state index < -0.39 is 0 Å². The molecule has 16 heavy (non-hydrogen) atoms. The third-order valence-corrected chi connectivity index (χ3v) is 2.95. The first-order valence-electron chi connectivity index (χ1n) is 6.01. The fourth-order valence-electron chi connectivity index (χ4n) is 2.17. The first-order chi connectivity index (χ1) is 7.66. The van der Waals surface area contributed by atoms with Crippen molar-refractivity contribution in [1.29, 1.82) is 0 Å². The molecule has 0 radical (unpaired) electrons. The van der Waals surface area contributed by atoms with Crippen molar-refractivity contribution in [1.82, 2.24) is 25.0 Å². The Kier molecular flexibility index (Phi) is 3.56. The summed E-state index contributed by atoms with van der Waals surface area (Å²) >= 11 is 0. The van der Waals surface area contributed by atoms with Gasteiger partial charge < -0.3 is 5.32 Å². The van der Waals surface area contributed by atoms with Crippen LogP contribution in [-0.4, -0.2) is 45.3 Å². The van der Waals surface area contributed by atoms with E-state index in [0.29, 0.717) is 12.1 Å². The van der Waals surface area contributed by atoms with E-state index in [4.69, 9.17) is 0 Å². The van der Waals surface area contributed by atoms with Gasteiger partial charge in [-0.2, -0.15) is 5.10 Å². The van der Waals surface area contributed by atoms with Gasteiger partial charge in [0.1, 0.15) is 12.2 Å². The van der Waals surface area contributed by atoms with Crippen LogP contribution in [0.5, 0.6) is 0 Å². The first kappa shape index (κ1) is 11.5. The number of nitrogens with zero attached hydrogens (tertiary/aromatic N) is 4. The summed E-state index contributed by atoms with van der Waals surface area (Å²) < 4.78 is 2.01. The Morgan fingerprint density at radius 2 is 2.38 bits per heavy atom. The smallest absolute Gasteiger partial charge is 0.141 e. The molecular weight excluding hydrogens is 202 g/mol. The second kappa shape index (κ2) is 4.93. The summed E-state index contributed by atoms with van der Waals surface area (Å²) in [6.45, 7) is 10.7. The highest BCUT2D eigenvalue weighted by Crippen LogP contribution is 2.09. The molecule has 1 aliphatic rings. The van der Waals surface area contributed by atoms with Crippen molar-refractivity contribution in [2.75, 3.05) is 19.6 Å². The van der Waals surface area contributed by atoms with Gasteiger partial charge in [0.05, 0.1) is 6.54 Å². The average molecular weight is 223 g/mol. The molecule has 1 atom stereocenters. The van der Waals surface area contributed by atoms with Gasteiger partial charge in [0.2, 0.25) is 0 Å². The van der Waals surface area contributed by atoms with Crippen LogP contribution in [0.4, 0.5) is 0 Å². The summed E-state index contributed by atoms with van der Waals surface area (Å²) in [5, 5.41) is 7.71. The van der Waals surface area contributed by atoms with Gasteiger partial charge in [-0.15, -0.1) is 0 Å². The monoisotopic (exact) mass is 223 g/mol. The SMILES string of the molecule is CC(C)n1ncnc1CN1CCN[C@H](C)C1. The van der Waals surface area contributed by atoms with E-state index in [0.717, 1.165) is 32.0 Å². The van der Waals surface area contributed by atoms with Crippen LogP contribution in [0, 0.1) is 0 Å². The molecule has 0 aromatic carbocycles. The first-order valence-corrected chi connectivity index (χ1v) is 6.01. The second-order valence-corrected chi connectivity index (χ2v) is 4.80. The summed E-state index contributed by atoms with van der Waals surface area (Å²) in [7, 11) is 0. The van der Waals surface area contributed by atoms with Crippen LogP contribution in [0.25, 0.3) is 0 Å². The molecule has 5 nitrogen and oxygen atoms in total. The van der Waals surface area contributed by atoms with E-state index in [1.54, 1.807) is 6.33 Å². The molecule has 0 saturated carbocycles. The quantitative estimate of drug-likeness (QED) is 0.817. The summed E-state index contributed by atoms with van der Waals surface area (Å²) in [5.41, 5.74) is 0. The molecule has 1 aliphatic heterocycles.